The molecule has 1 aromatic carbocycles. The normalized spacial score (nSPS) is 10.5. The smallest absolute Gasteiger partial charge is 0.275 e. The minimum Gasteiger partial charge on any atom is -0.350 e. The molecule has 1 amide bonds. The number of carbonyl (C=O) groups is 1. The number of nitrogens with zero attached hydrogens (tertiary/aromatic N) is 2. The fourth-order valence-corrected chi connectivity index (χ4v) is 2.06. The van der Waals surface area contributed by atoms with Crippen LogP contribution in [0.2, 0.25) is 10.0 Å². The van der Waals surface area contributed by atoms with Crippen molar-refractivity contribution in [3.05, 3.63) is 45.2 Å². The van der Waals surface area contributed by atoms with Gasteiger partial charge in [-0.3, -0.25) is 4.79 Å². The van der Waals surface area contributed by atoms with Gasteiger partial charge in [0, 0.05) is 16.6 Å². The maximum atomic E-state index is 11.7. The molecule has 0 bridgehead atoms. The van der Waals surface area contributed by atoms with E-state index < -0.39 is 0 Å². The van der Waals surface area contributed by atoms with E-state index in [1.54, 1.807) is 19.1 Å². The summed E-state index contributed by atoms with van der Waals surface area (Å²) in [5.74, 6) is -0.316. The lowest BCUT2D eigenvalue weighted by atomic mass is 10.1. The molecule has 2 aromatic rings. The molecule has 100 valence electrons. The Morgan fingerprint density at radius 2 is 2.16 bits per heavy atom. The summed E-state index contributed by atoms with van der Waals surface area (Å²) in [4.78, 5) is 11.7. The highest BCUT2D eigenvalue weighted by Gasteiger charge is 2.14. The predicted octanol–water partition coefficient (Wildman–Crippen LogP) is 2.66. The number of hydrogen-bond donors (Lipinski definition) is 1. The second-order valence-electron chi connectivity index (χ2n) is 3.94. The first-order chi connectivity index (χ1) is 9.08. The van der Waals surface area contributed by atoms with Gasteiger partial charge in [0.05, 0.1) is 0 Å². The lowest BCUT2D eigenvalue weighted by Gasteiger charge is -2.05. The monoisotopic (exact) mass is 299 g/mol. The van der Waals surface area contributed by atoms with Crippen molar-refractivity contribution in [3.63, 3.8) is 0 Å². The lowest BCUT2D eigenvalue weighted by Crippen LogP contribution is -2.26. The van der Waals surface area contributed by atoms with Gasteiger partial charge in [-0.05, 0) is 36.2 Å². The van der Waals surface area contributed by atoms with Crippen molar-refractivity contribution in [2.24, 2.45) is 0 Å². The van der Waals surface area contributed by atoms with E-state index in [1.165, 1.54) is 0 Å². The number of rotatable bonds is 4. The summed E-state index contributed by atoms with van der Waals surface area (Å²) in [7, 11) is 0. The summed E-state index contributed by atoms with van der Waals surface area (Å²) in [6.45, 7) is 2.09. The van der Waals surface area contributed by atoms with E-state index in [0.717, 1.165) is 5.56 Å². The van der Waals surface area contributed by atoms with Crippen LogP contribution in [0.5, 0.6) is 0 Å². The molecule has 5 nitrogen and oxygen atoms in total. The average Bonchev–Trinajstić information content (AvgIpc) is 2.78. The van der Waals surface area contributed by atoms with Gasteiger partial charge in [0.2, 0.25) is 0 Å². The second kappa shape index (κ2) is 6.04. The Hall–Kier alpha value is -1.59. The summed E-state index contributed by atoms with van der Waals surface area (Å²) in [5.41, 5.74) is 1.57. The minimum absolute atomic E-state index is 0.196. The van der Waals surface area contributed by atoms with Gasteiger partial charge in [0.15, 0.2) is 5.69 Å². The van der Waals surface area contributed by atoms with Crippen molar-refractivity contribution in [1.29, 1.82) is 0 Å². The van der Waals surface area contributed by atoms with Crippen molar-refractivity contribution < 1.29 is 9.42 Å². The van der Waals surface area contributed by atoms with Crippen LogP contribution in [0.25, 0.3) is 0 Å². The van der Waals surface area contributed by atoms with E-state index in [1.807, 2.05) is 6.07 Å². The Balaban J connectivity index is 1.90. The van der Waals surface area contributed by atoms with Crippen LogP contribution < -0.4 is 5.32 Å². The maximum absolute atomic E-state index is 11.7. The van der Waals surface area contributed by atoms with Crippen LogP contribution in [0.3, 0.4) is 0 Å². The molecule has 19 heavy (non-hydrogen) atoms. The molecule has 0 saturated heterocycles. The zero-order chi connectivity index (χ0) is 13.8. The lowest BCUT2D eigenvalue weighted by molar-refractivity contribution is 0.0944. The molecule has 1 heterocycles. The number of aryl methyl sites for hydroxylation is 1. The molecule has 0 radical (unpaired) electrons. The molecule has 2 rings (SSSR count). The first-order valence-electron chi connectivity index (χ1n) is 5.59. The summed E-state index contributed by atoms with van der Waals surface area (Å²) in [5, 5.41) is 11.0. The van der Waals surface area contributed by atoms with E-state index in [0.29, 0.717) is 28.7 Å². The Kier molecular flexibility index (Phi) is 4.39. The van der Waals surface area contributed by atoms with Crippen LogP contribution in [0, 0.1) is 6.92 Å². The highest BCUT2D eigenvalue weighted by atomic mass is 35.5. The molecule has 1 aromatic heterocycles. The molecule has 7 heteroatoms. The minimum atomic E-state index is -0.316. The van der Waals surface area contributed by atoms with Crippen LogP contribution in [0.1, 0.15) is 21.7 Å². The Morgan fingerprint density at radius 3 is 2.79 bits per heavy atom. The number of amides is 1. The largest absolute Gasteiger partial charge is 0.350 e. The molecular formula is C12H11Cl2N3O2. The van der Waals surface area contributed by atoms with Crippen molar-refractivity contribution in [1.82, 2.24) is 15.6 Å². The number of benzene rings is 1. The maximum Gasteiger partial charge on any atom is 0.275 e. The topological polar surface area (TPSA) is 68.0 Å². The molecule has 0 aliphatic rings. The predicted molar refractivity (Wildman–Crippen MR) is 71.5 cm³/mol. The van der Waals surface area contributed by atoms with E-state index in [2.05, 4.69) is 20.3 Å². The first-order valence-corrected chi connectivity index (χ1v) is 6.35. The van der Waals surface area contributed by atoms with E-state index >= 15 is 0 Å². The van der Waals surface area contributed by atoms with E-state index in [-0.39, 0.29) is 11.6 Å². The molecule has 1 N–H and O–H groups in total. The number of hydrogen-bond acceptors (Lipinski definition) is 4. The summed E-state index contributed by atoms with van der Waals surface area (Å²) in [6.07, 6.45) is 0.603. The number of carbonyl (C=O) groups excluding carboxylic acids is 1. The molecular weight excluding hydrogens is 289 g/mol. The molecule has 0 atom stereocenters. The third-order valence-corrected chi connectivity index (χ3v) is 3.15. The van der Waals surface area contributed by atoms with Crippen LogP contribution in [-0.4, -0.2) is 22.8 Å². The molecule has 0 aliphatic carbocycles. The average molecular weight is 300 g/mol. The zero-order valence-corrected chi connectivity index (χ0v) is 11.6. The number of nitrogens with one attached hydrogen (secondary N) is 1. The van der Waals surface area contributed by atoms with Crippen LogP contribution in [-0.2, 0) is 6.42 Å². The Labute approximate surface area is 119 Å². The van der Waals surface area contributed by atoms with Crippen LogP contribution >= 0.6 is 23.2 Å². The standard InChI is InChI=1S/C12H11Cl2N3O2/c1-7-11(17-19-16-7)12(18)15-5-4-8-2-3-9(13)6-10(8)14/h2-3,6H,4-5H2,1H3,(H,15,18). The third kappa shape index (κ3) is 3.45. The summed E-state index contributed by atoms with van der Waals surface area (Å²) in [6, 6.07) is 5.27. The van der Waals surface area contributed by atoms with Gasteiger partial charge in [-0.25, -0.2) is 4.63 Å². The van der Waals surface area contributed by atoms with Gasteiger partial charge in [0.1, 0.15) is 5.69 Å². The van der Waals surface area contributed by atoms with Crippen molar-refractivity contribution in [3.8, 4) is 0 Å². The zero-order valence-electron chi connectivity index (χ0n) is 10.1. The first kappa shape index (κ1) is 13.8. The van der Waals surface area contributed by atoms with Gasteiger partial charge in [-0.2, -0.15) is 0 Å². The SMILES string of the molecule is Cc1nonc1C(=O)NCCc1ccc(Cl)cc1Cl. The Morgan fingerprint density at radius 1 is 1.37 bits per heavy atom. The van der Waals surface area contributed by atoms with Crippen LogP contribution in [0.4, 0.5) is 0 Å². The van der Waals surface area contributed by atoms with E-state index in [9.17, 15) is 4.79 Å². The third-order valence-electron chi connectivity index (χ3n) is 2.56. The molecule has 0 aliphatic heterocycles. The van der Waals surface area contributed by atoms with Gasteiger partial charge in [-0.1, -0.05) is 34.4 Å². The summed E-state index contributed by atoms with van der Waals surface area (Å²) >= 11 is 11.8. The molecule has 0 spiro atoms. The number of aromatic nitrogens is 2. The van der Waals surface area contributed by atoms with Gasteiger partial charge in [-0.15, -0.1) is 0 Å². The van der Waals surface area contributed by atoms with Crippen molar-refractivity contribution in [2.45, 2.75) is 13.3 Å². The molecule has 0 saturated carbocycles. The van der Waals surface area contributed by atoms with Crippen LogP contribution in [0.15, 0.2) is 22.8 Å². The summed E-state index contributed by atoms with van der Waals surface area (Å²) < 4.78 is 4.47. The van der Waals surface area contributed by atoms with Gasteiger partial charge in [0.25, 0.3) is 5.91 Å². The highest BCUT2D eigenvalue weighted by molar-refractivity contribution is 6.35. The highest BCUT2D eigenvalue weighted by Crippen LogP contribution is 2.21. The number of halogens is 2. The van der Waals surface area contributed by atoms with Gasteiger partial charge >= 0.3 is 0 Å². The molecule has 0 unspecified atom stereocenters. The van der Waals surface area contributed by atoms with Crippen molar-refractivity contribution >= 4 is 29.1 Å². The fourth-order valence-electron chi connectivity index (χ4n) is 1.56. The quantitative estimate of drug-likeness (QED) is 0.942. The second-order valence-corrected chi connectivity index (χ2v) is 4.78. The van der Waals surface area contributed by atoms with Gasteiger partial charge < -0.3 is 5.32 Å². The Bertz CT molecular complexity index is 598. The van der Waals surface area contributed by atoms with E-state index in [4.69, 9.17) is 23.2 Å². The molecule has 0 fully saturated rings. The fraction of sp³-hybridized carbons (Fsp3) is 0.250. The van der Waals surface area contributed by atoms with Crippen molar-refractivity contribution in [2.75, 3.05) is 6.54 Å².